The molecule has 2 N–H and O–H groups in total. The van der Waals surface area contributed by atoms with Gasteiger partial charge in [-0.1, -0.05) is 23.7 Å². The number of ether oxygens (including phenoxy) is 1. The molecule has 0 fully saturated rings. The molecule has 1 heterocycles. The lowest BCUT2D eigenvalue weighted by Gasteiger charge is -2.17. The Bertz CT molecular complexity index is 571. The molecular formula is C15H18ClNO2S. The molecule has 1 unspecified atom stereocenters. The molecule has 2 aromatic rings. The summed E-state index contributed by atoms with van der Waals surface area (Å²) in [6, 6.07) is 7.68. The summed E-state index contributed by atoms with van der Waals surface area (Å²) in [6.07, 6.45) is 0. The van der Waals surface area contributed by atoms with E-state index in [0.717, 1.165) is 10.4 Å². The average Bonchev–Trinajstić information content (AvgIpc) is 2.87. The molecule has 108 valence electrons. The van der Waals surface area contributed by atoms with Crippen LogP contribution in [0.4, 0.5) is 0 Å². The Balaban J connectivity index is 2.09. The monoisotopic (exact) mass is 311 g/mol. The molecule has 0 aliphatic heterocycles. The lowest BCUT2D eigenvalue weighted by molar-refractivity contribution is 0.245. The lowest BCUT2D eigenvalue weighted by atomic mass is 10.1. The zero-order valence-corrected chi connectivity index (χ0v) is 13.1. The number of aliphatic hydroxyl groups excluding tert-OH is 1. The van der Waals surface area contributed by atoms with Gasteiger partial charge in [0, 0.05) is 11.4 Å². The Morgan fingerprint density at radius 2 is 2.20 bits per heavy atom. The van der Waals surface area contributed by atoms with Crippen LogP contribution in [0, 0.1) is 6.92 Å². The van der Waals surface area contributed by atoms with Crippen LogP contribution in [0.5, 0.6) is 5.75 Å². The van der Waals surface area contributed by atoms with Crippen LogP contribution in [0.15, 0.2) is 29.6 Å². The number of methoxy groups -OCH3 is 1. The van der Waals surface area contributed by atoms with Crippen molar-refractivity contribution in [3.05, 3.63) is 50.7 Å². The first-order valence-electron chi connectivity index (χ1n) is 6.37. The minimum atomic E-state index is -0.0720. The number of aliphatic hydroxyl groups is 1. The smallest absolute Gasteiger partial charge is 0.137 e. The van der Waals surface area contributed by atoms with Gasteiger partial charge in [-0.2, -0.15) is 0 Å². The quantitative estimate of drug-likeness (QED) is 0.857. The van der Waals surface area contributed by atoms with E-state index in [0.29, 0.717) is 17.3 Å². The number of halogens is 1. The number of aryl methyl sites for hydroxylation is 1. The number of rotatable bonds is 6. The van der Waals surface area contributed by atoms with Crippen molar-refractivity contribution in [1.29, 1.82) is 0 Å². The van der Waals surface area contributed by atoms with Gasteiger partial charge in [0.1, 0.15) is 5.75 Å². The fourth-order valence-corrected chi connectivity index (χ4v) is 3.33. The minimum Gasteiger partial charge on any atom is -0.495 e. The van der Waals surface area contributed by atoms with Crippen LogP contribution >= 0.6 is 22.9 Å². The van der Waals surface area contributed by atoms with Crippen molar-refractivity contribution in [2.24, 2.45) is 0 Å². The maximum Gasteiger partial charge on any atom is 0.137 e. The topological polar surface area (TPSA) is 41.5 Å². The van der Waals surface area contributed by atoms with Gasteiger partial charge in [0.2, 0.25) is 0 Å². The second kappa shape index (κ2) is 7.09. The molecule has 1 atom stereocenters. The maximum atomic E-state index is 9.56. The molecule has 3 nitrogen and oxygen atoms in total. The van der Waals surface area contributed by atoms with Gasteiger partial charge < -0.3 is 15.2 Å². The molecule has 20 heavy (non-hydrogen) atoms. The molecule has 1 aromatic heterocycles. The first kappa shape index (κ1) is 15.3. The highest BCUT2D eigenvalue weighted by atomic mass is 35.5. The normalized spacial score (nSPS) is 12.4. The second-order valence-corrected chi connectivity index (χ2v) is 5.84. The third-order valence-electron chi connectivity index (χ3n) is 3.20. The molecule has 0 spiro atoms. The van der Waals surface area contributed by atoms with Crippen molar-refractivity contribution < 1.29 is 9.84 Å². The predicted octanol–water partition coefficient (Wildman–Crippen LogP) is 3.54. The highest BCUT2D eigenvalue weighted by Gasteiger charge is 2.15. The van der Waals surface area contributed by atoms with Crippen molar-refractivity contribution in [2.75, 3.05) is 13.7 Å². The van der Waals surface area contributed by atoms with Gasteiger partial charge in [-0.3, -0.25) is 0 Å². The van der Waals surface area contributed by atoms with Gasteiger partial charge in [-0.05, 0) is 35.6 Å². The van der Waals surface area contributed by atoms with Gasteiger partial charge in [0.25, 0.3) is 0 Å². The van der Waals surface area contributed by atoms with Crippen LogP contribution in [-0.2, 0) is 6.54 Å². The number of hydrogen-bond donors (Lipinski definition) is 2. The summed E-state index contributed by atoms with van der Waals surface area (Å²) >= 11 is 7.92. The highest BCUT2D eigenvalue weighted by Crippen LogP contribution is 2.29. The minimum absolute atomic E-state index is 0.0585. The second-order valence-electron chi connectivity index (χ2n) is 4.52. The molecular weight excluding hydrogens is 294 g/mol. The molecule has 0 saturated heterocycles. The summed E-state index contributed by atoms with van der Waals surface area (Å²) < 4.78 is 5.20. The lowest BCUT2D eigenvalue weighted by Crippen LogP contribution is -2.23. The molecule has 0 radical (unpaired) electrons. The third-order valence-corrected chi connectivity index (χ3v) is 4.76. The van der Waals surface area contributed by atoms with Gasteiger partial charge >= 0.3 is 0 Å². The summed E-state index contributed by atoms with van der Waals surface area (Å²) in [5, 5.41) is 15.5. The van der Waals surface area contributed by atoms with Crippen LogP contribution in [0.25, 0.3) is 0 Å². The van der Waals surface area contributed by atoms with E-state index in [4.69, 9.17) is 16.3 Å². The SMILES string of the molecule is COc1cccc(CNC(CO)c2sccc2C)c1Cl. The molecule has 5 heteroatoms. The van der Waals surface area contributed by atoms with E-state index in [1.165, 1.54) is 5.56 Å². The van der Waals surface area contributed by atoms with Gasteiger partial charge in [-0.15, -0.1) is 11.3 Å². The van der Waals surface area contributed by atoms with Crippen LogP contribution < -0.4 is 10.1 Å². The van der Waals surface area contributed by atoms with Gasteiger partial charge in [-0.25, -0.2) is 0 Å². The van der Waals surface area contributed by atoms with Gasteiger partial charge in [0.05, 0.1) is 24.8 Å². The van der Waals surface area contributed by atoms with E-state index < -0.39 is 0 Å². The Morgan fingerprint density at radius 1 is 1.40 bits per heavy atom. The molecule has 1 aromatic carbocycles. The predicted molar refractivity (Wildman–Crippen MR) is 83.7 cm³/mol. The highest BCUT2D eigenvalue weighted by molar-refractivity contribution is 7.10. The Kier molecular flexibility index (Phi) is 5.43. The van der Waals surface area contributed by atoms with E-state index in [1.807, 2.05) is 23.6 Å². The number of benzene rings is 1. The van der Waals surface area contributed by atoms with Crippen LogP contribution in [0.1, 0.15) is 22.0 Å². The third kappa shape index (κ3) is 3.33. The summed E-state index contributed by atoms with van der Waals surface area (Å²) in [4.78, 5) is 1.16. The largest absolute Gasteiger partial charge is 0.495 e. The molecule has 0 amide bonds. The van der Waals surface area contributed by atoms with E-state index in [2.05, 4.69) is 18.3 Å². The maximum absolute atomic E-state index is 9.56. The van der Waals surface area contributed by atoms with Crippen molar-refractivity contribution in [3.8, 4) is 5.75 Å². The van der Waals surface area contributed by atoms with Crippen molar-refractivity contribution in [3.63, 3.8) is 0 Å². The van der Waals surface area contributed by atoms with Crippen LogP contribution in [0.3, 0.4) is 0 Å². The van der Waals surface area contributed by atoms with Crippen molar-refractivity contribution >= 4 is 22.9 Å². The Labute approximate surface area is 128 Å². The van der Waals surface area contributed by atoms with Crippen molar-refractivity contribution in [2.45, 2.75) is 19.5 Å². The van der Waals surface area contributed by atoms with E-state index in [-0.39, 0.29) is 12.6 Å². The molecule has 2 rings (SSSR count). The van der Waals surface area contributed by atoms with E-state index in [9.17, 15) is 5.11 Å². The first-order valence-corrected chi connectivity index (χ1v) is 7.62. The number of thiophene rings is 1. The fourth-order valence-electron chi connectivity index (χ4n) is 2.07. The number of hydrogen-bond acceptors (Lipinski definition) is 4. The zero-order chi connectivity index (χ0) is 14.5. The zero-order valence-electron chi connectivity index (χ0n) is 11.5. The standard InChI is InChI=1S/C15H18ClNO2S/c1-10-6-7-20-15(10)12(9-18)17-8-11-4-3-5-13(19-2)14(11)16/h3-7,12,17-18H,8-9H2,1-2H3. The molecule has 0 aliphatic carbocycles. The summed E-state index contributed by atoms with van der Waals surface area (Å²) in [5.74, 6) is 0.666. The molecule has 0 bridgehead atoms. The summed E-state index contributed by atoms with van der Waals surface area (Å²) in [5.41, 5.74) is 2.15. The fraction of sp³-hybridized carbons (Fsp3) is 0.333. The Morgan fingerprint density at radius 3 is 2.80 bits per heavy atom. The number of nitrogens with one attached hydrogen (secondary N) is 1. The Hall–Kier alpha value is -1.07. The van der Waals surface area contributed by atoms with Gasteiger partial charge in [0.15, 0.2) is 0 Å². The van der Waals surface area contributed by atoms with Crippen LogP contribution in [-0.4, -0.2) is 18.8 Å². The van der Waals surface area contributed by atoms with E-state index in [1.54, 1.807) is 18.4 Å². The first-order chi connectivity index (χ1) is 9.67. The molecule has 0 saturated carbocycles. The average molecular weight is 312 g/mol. The summed E-state index contributed by atoms with van der Waals surface area (Å²) in [6.45, 7) is 2.69. The van der Waals surface area contributed by atoms with Crippen LogP contribution in [0.2, 0.25) is 5.02 Å². The van der Waals surface area contributed by atoms with E-state index >= 15 is 0 Å². The molecule has 0 aliphatic rings. The van der Waals surface area contributed by atoms with Crippen molar-refractivity contribution in [1.82, 2.24) is 5.32 Å². The summed E-state index contributed by atoms with van der Waals surface area (Å²) in [7, 11) is 1.60.